The van der Waals surface area contributed by atoms with Crippen LogP contribution in [0.1, 0.15) is 11.1 Å². The number of nitrogens with one attached hydrogen (secondary N) is 2. The van der Waals surface area contributed by atoms with Crippen LogP contribution in [0, 0.1) is 0 Å². The van der Waals surface area contributed by atoms with Gasteiger partial charge in [0.1, 0.15) is 0 Å². The van der Waals surface area contributed by atoms with E-state index in [0.29, 0.717) is 11.5 Å². The SMILES string of the molecule is COc1ccc(/C=N/NC(=S)Nc2cccc(C(F)(F)F)c2)cc1OC. The van der Waals surface area contributed by atoms with Crippen molar-refractivity contribution < 1.29 is 22.6 Å². The van der Waals surface area contributed by atoms with Crippen molar-refractivity contribution in [1.82, 2.24) is 5.43 Å². The average Bonchev–Trinajstić information content (AvgIpc) is 2.61. The first-order valence-corrected chi connectivity index (χ1v) is 7.73. The third kappa shape index (κ3) is 5.35. The standard InChI is InChI=1S/C17H16F3N3O2S/c1-24-14-7-6-11(8-15(14)25-2)10-21-23-16(26)22-13-5-3-4-12(9-13)17(18,19)20/h3-10H,1-2H3,(H2,22,23,26)/b21-10+. The van der Waals surface area contributed by atoms with Gasteiger partial charge in [0.15, 0.2) is 16.6 Å². The van der Waals surface area contributed by atoms with Crippen LogP contribution in [0.3, 0.4) is 0 Å². The second-order valence-electron chi connectivity index (χ2n) is 5.02. The fourth-order valence-corrected chi connectivity index (χ4v) is 2.20. The molecule has 0 spiro atoms. The van der Waals surface area contributed by atoms with E-state index < -0.39 is 11.7 Å². The molecule has 26 heavy (non-hydrogen) atoms. The number of nitrogens with zero attached hydrogens (tertiary/aromatic N) is 1. The zero-order chi connectivity index (χ0) is 19.2. The van der Waals surface area contributed by atoms with E-state index in [1.54, 1.807) is 18.2 Å². The molecule has 5 nitrogen and oxygen atoms in total. The Morgan fingerprint density at radius 1 is 1.08 bits per heavy atom. The molecule has 138 valence electrons. The lowest BCUT2D eigenvalue weighted by Crippen LogP contribution is -2.24. The van der Waals surface area contributed by atoms with Crippen molar-refractivity contribution in [3.63, 3.8) is 0 Å². The molecule has 0 atom stereocenters. The van der Waals surface area contributed by atoms with E-state index in [4.69, 9.17) is 21.7 Å². The van der Waals surface area contributed by atoms with Gasteiger partial charge in [0.25, 0.3) is 0 Å². The smallest absolute Gasteiger partial charge is 0.416 e. The largest absolute Gasteiger partial charge is 0.493 e. The molecule has 0 bridgehead atoms. The van der Waals surface area contributed by atoms with Gasteiger partial charge in [-0.25, -0.2) is 0 Å². The molecule has 2 rings (SSSR count). The Bertz CT molecular complexity index is 810. The highest BCUT2D eigenvalue weighted by Crippen LogP contribution is 2.30. The molecule has 0 aliphatic carbocycles. The molecule has 0 aliphatic heterocycles. The molecule has 0 saturated carbocycles. The van der Waals surface area contributed by atoms with Crippen molar-refractivity contribution in [2.75, 3.05) is 19.5 Å². The molecule has 0 aliphatic rings. The van der Waals surface area contributed by atoms with Crippen molar-refractivity contribution in [1.29, 1.82) is 0 Å². The molecule has 0 fully saturated rings. The number of methoxy groups -OCH3 is 2. The van der Waals surface area contributed by atoms with Crippen LogP contribution in [-0.4, -0.2) is 25.5 Å². The van der Waals surface area contributed by atoms with Crippen LogP contribution in [0.25, 0.3) is 0 Å². The predicted molar refractivity (Wildman–Crippen MR) is 97.9 cm³/mol. The number of alkyl halides is 3. The Morgan fingerprint density at radius 3 is 2.46 bits per heavy atom. The van der Waals surface area contributed by atoms with Crippen LogP contribution >= 0.6 is 12.2 Å². The van der Waals surface area contributed by atoms with E-state index in [-0.39, 0.29) is 10.8 Å². The van der Waals surface area contributed by atoms with E-state index in [0.717, 1.165) is 17.7 Å². The Hall–Kier alpha value is -2.81. The molecule has 0 unspecified atom stereocenters. The van der Waals surface area contributed by atoms with Gasteiger partial charge in [-0.1, -0.05) is 6.07 Å². The van der Waals surface area contributed by atoms with E-state index in [9.17, 15) is 13.2 Å². The monoisotopic (exact) mass is 383 g/mol. The first-order valence-electron chi connectivity index (χ1n) is 7.33. The van der Waals surface area contributed by atoms with Crippen LogP contribution < -0.4 is 20.2 Å². The minimum absolute atomic E-state index is 0.0565. The predicted octanol–water partition coefficient (Wildman–Crippen LogP) is 4.04. The quantitative estimate of drug-likeness (QED) is 0.464. The lowest BCUT2D eigenvalue weighted by Gasteiger charge is -2.11. The highest BCUT2D eigenvalue weighted by Gasteiger charge is 2.30. The Labute approximate surface area is 153 Å². The summed E-state index contributed by atoms with van der Waals surface area (Å²) >= 11 is 5.01. The molecule has 0 saturated heterocycles. The maximum atomic E-state index is 12.7. The molecule has 2 aromatic rings. The summed E-state index contributed by atoms with van der Waals surface area (Å²) in [5, 5.41) is 6.64. The third-order valence-electron chi connectivity index (χ3n) is 3.24. The summed E-state index contributed by atoms with van der Waals surface area (Å²) in [6, 6.07) is 9.91. The second-order valence-corrected chi connectivity index (χ2v) is 5.43. The van der Waals surface area contributed by atoms with E-state index >= 15 is 0 Å². The van der Waals surface area contributed by atoms with Crippen molar-refractivity contribution in [2.45, 2.75) is 6.18 Å². The maximum absolute atomic E-state index is 12.7. The van der Waals surface area contributed by atoms with Gasteiger partial charge in [-0.05, 0) is 54.2 Å². The normalized spacial score (nSPS) is 11.3. The molecule has 9 heteroatoms. The van der Waals surface area contributed by atoms with Gasteiger partial charge in [0, 0.05) is 5.69 Å². The number of benzene rings is 2. The zero-order valence-corrected chi connectivity index (χ0v) is 14.7. The van der Waals surface area contributed by atoms with Crippen LogP contribution in [0.15, 0.2) is 47.6 Å². The van der Waals surface area contributed by atoms with Gasteiger partial charge >= 0.3 is 6.18 Å². The highest BCUT2D eigenvalue weighted by molar-refractivity contribution is 7.80. The number of hydrazone groups is 1. The van der Waals surface area contributed by atoms with Crippen LogP contribution in [0.5, 0.6) is 11.5 Å². The third-order valence-corrected chi connectivity index (χ3v) is 3.43. The van der Waals surface area contributed by atoms with Crippen molar-refractivity contribution in [3.8, 4) is 11.5 Å². The fourth-order valence-electron chi connectivity index (χ4n) is 2.03. The Balaban J connectivity index is 1.98. The molecular formula is C17H16F3N3O2S. The molecule has 2 aromatic carbocycles. The number of anilines is 1. The Kier molecular flexibility index (Phi) is 6.40. The average molecular weight is 383 g/mol. The molecule has 0 amide bonds. The summed E-state index contributed by atoms with van der Waals surface area (Å²) in [5.74, 6) is 1.13. The van der Waals surface area contributed by atoms with Gasteiger partial charge in [0.2, 0.25) is 0 Å². The topological polar surface area (TPSA) is 54.9 Å². The summed E-state index contributed by atoms with van der Waals surface area (Å²) in [5.41, 5.74) is 2.70. The number of thiocarbonyl (C=S) groups is 1. The molecular weight excluding hydrogens is 367 g/mol. The molecule has 0 radical (unpaired) electrons. The fraction of sp³-hybridized carbons (Fsp3) is 0.176. The minimum atomic E-state index is -4.42. The van der Waals surface area contributed by atoms with Crippen LogP contribution in [0.2, 0.25) is 0 Å². The number of ether oxygens (including phenoxy) is 2. The first-order chi connectivity index (χ1) is 12.3. The lowest BCUT2D eigenvalue weighted by molar-refractivity contribution is -0.137. The second kappa shape index (κ2) is 8.52. The maximum Gasteiger partial charge on any atom is 0.416 e. The van der Waals surface area contributed by atoms with E-state index in [2.05, 4.69) is 15.8 Å². The number of halogens is 3. The highest BCUT2D eigenvalue weighted by atomic mass is 32.1. The minimum Gasteiger partial charge on any atom is -0.493 e. The number of hydrogen-bond donors (Lipinski definition) is 2. The van der Waals surface area contributed by atoms with Crippen LogP contribution in [0.4, 0.5) is 18.9 Å². The van der Waals surface area contributed by atoms with Crippen molar-refractivity contribution in [2.24, 2.45) is 5.10 Å². The number of hydrogen-bond acceptors (Lipinski definition) is 4. The van der Waals surface area contributed by atoms with E-state index in [1.807, 2.05) is 0 Å². The summed E-state index contributed by atoms with van der Waals surface area (Å²) in [6.07, 6.45) is -2.93. The summed E-state index contributed by atoms with van der Waals surface area (Å²) in [7, 11) is 3.05. The van der Waals surface area contributed by atoms with Gasteiger partial charge < -0.3 is 14.8 Å². The van der Waals surface area contributed by atoms with Gasteiger partial charge in [-0.2, -0.15) is 18.3 Å². The summed E-state index contributed by atoms with van der Waals surface area (Å²) < 4.78 is 48.4. The Morgan fingerprint density at radius 2 is 1.81 bits per heavy atom. The zero-order valence-electron chi connectivity index (χ0n) is 13.9. The van der Waals surface area contributed by atoms with E-state index in [1.165, 1.54) is 32.6 Å². The molecule has 2 N–H and O–H groups in total. The summed E-state index contributed by atoms with van der Waals surface area (Å²) in [4.78, 5) is 0. The van der Waals surface area contributed by atoms with Gasteiger partial charge in [-0.15, -0.1) is 0 Å². The van der Waals surface area contributed by atoms with Gasteiger partial charge in [-0.3, -0.25) is 5.43 Å². The van der Waals surface area contributed by atoms with Gasteiger partial charge in [0.05, 0.1) is 26.0 Å². The lowest BCUT2D eigenvalue weighted by atomic mass is 10.2. The first kappa shape index (κ1) is 19.5. The number of rotatable bonds is 5. The van der Waals surface area contributed by atoms with Crippen LogP contribution in [-0.2, 0) is 6.18 Å². The van der Waals surface area contributed by atoms with Crippen molar-refractivity contribution in [3.05, 3.63) is 53.6 Å². The van der Waals surface area contributed by atoms with Crippen molar-refractivity contribution >= 4 is 29.2 Å². The molecule has 0 aromatic heterocycles. The molecule has 0 heterocycles. The summed E-state index contributed by atoms with van der Waals surface area (Å²) in [6.45, 7) is 0.